The third-order valence-electron chi connectivity index (χ3n) is 14.0. The number of fused-ring (bicyclic) bond motifs is 7. The number of aromatic nitrogens is 3. The number of hydrogen-bond acceptors (Lipinski definition) is 4. The van der Waals surface area contributed by atoms with Crippen molar-refractivity contribution in [3.63, 3.8) is 0 Å². The normalized spacial score (nSPS) is 46.2. The zero-order valence-corrected chi connectivity index (χ0v) is 28.2. The highest BCUT2D eigenvalue weighted by Crippen LogP contribution is 2.77. The van der Waals surface area contributed by atoms with Gasteiger partial charge in [0, 0.05) is 12.5 Å². The predicted molar refractivity (Wildman–Crippen MR) is 169 cm³/mol. The summed E-state index contributed by atoms with van der Waals surface area (Å²) in [6, 6.07) is -0.144. The van der Waals surface area contributed by atoms with Crippen molar-refractivity contribution in [2.75, 3.05) is 6.61 Å². The maximum atomic E-state index is 13.8. The number of rotatable bonds is 1. The van der Waals surface area contributed by atoms with Crippen molar-refractivity contribution in [2.24, 2.45) is 46.5 Å². The van der Waals surface area contributed by atoms with Crippen LogP contribution in [0.15, 0.2) is 20.7 Å². The van der Waals surface area contributed by atoms with Crippen molar-refractivity contribution in [3.8, 4) is 0 Å². The third-order valence-corrected chi connectivity index (χ3v) is 14.0. The van der Waals surface area contributed by atoms with Gasteiger partial charge in [0.25, 0.3) is 0 Å². The van der Waals surface area contributed by atoms with Crippen LogP contribution in [0.5, 0.6) is 0 Å². The van der Waals surface area contributed by atoms with Gasteiger partial charge in [-0.3, -0.25) is 0 Å². The van der Waals surface area contributed by atoms with Gasteiger partial charge in [0.1, 0.15) is 0 Å². The molecule has 6 aliphatic rings. The Labute approximate surface area is 253 Å². The highest BCUT2D eigenvalue weighted by Gasteiger charge is 2.71. The summed E-state index contributed by atoms with van der Waals surface area (Å²) in [6.45, 7) is 20.3. The number of aliphatic hydroxyl groups is 2. The summed E-state index contributed by atoms with van der Waals surface area (Å²) >= 11 is 0. The number of allylic oxidation sites excluding steroid dienone is 1. The van der Waals surface area contributed by atoms with E-state index in [0.717, 1.165) is 57.8 Å². The highest BCUT2D eigenvalue weighted by molar-refractivity contribution is 5.47. The van der Waals surface area contributed by atoms with Gasteiger partial charge in [0.05, 0.1) is 24.3 Å². The average molecular weight is 586 g/mol. The van der Waals surface area contributed by atoms with Gasteiger partial charge < -0.3 is 10.2 Å². The summed E-state index contributed by atoms with van der Waals surface area (Å²) in [5, 5.41) is 21.7. The second-order valence-corrected chi connectivity index (χ2v) is 15.7. The van der Waals surface area contributed by atoms with Crippen LogP contribution >= 0.6 is 0 Å². The molecule has 0 amide bonds. The lowest BCUT2D eigenvalue weighted by Crippen LogP contribution is -2.66. The summed E-state index contributed by atoms with van der Waals surface area (Å²) in [7, 11) is 1.62. The lowest BCUT2D eigenvalue weighted by atomic mass is 9.35. The first-order valence-corrected chi connectivity index (χ1v) is 17.2. The monoisotopic (exact) mass is 585 g/mol. The molecule has 4 fully saturated rings. The Kier molecular flexibility index (Phi) is 7.74. The van der Waals surface area contributed by atoms with Crippen LogP contribution in [0.4, 0.5) is 0 Å². The van der Waals surface area contributed by atoms with E-state index in [-0.39, 0.29) is 57.7 Å². The minimum atomic E-state index is -0.568. The summed E-state index contributed by atoms with van der Waals surface area (Å²) in [4.78, 5) is 27.4. The standard InChI is InChI=1S/C30H45N3O4.C3H8.C2H6/c1-17-18-7-10-27(3)21(26(18,2)9-8-20(17)35)15-19-22-23-29(5,33-25(37)31(6)24(36)32(19)33)12-14-30(23,16-34)13-11-28(22,27)4;1-3-2;1-2/h17-21,34-35H,7-16H2,1-6H3;3H2,1-2H3;1-2H3. The van der Waals surface area contributed by atoms with Gasteiger partial charge in [0.2, 0.25) is 0 Å². The van der Waals surface area contributed by atoms with Crippen LogP contribution in [0.1, 0.15) is 133 Å². The van der Waals surface area contributed by atoms with E-state index in [1.807, 2.05) is 18.5 Å². The number of hydrogen-bond donors (Lipinski definition) is 2. The molecule has 0 spiro atoms. The van der Waals surface area contributed by atoms with E-state index in [2.05, 4.69) is 48.5 Å². The molecular weight excluding hydrogens is 526 g/mol. The van der Waals surface area contributed by atoms with Crippen LogP contribution < -0.4 is 11.4 Å². The molecule has 2 heterocycles. The van der Waals surface area contributed by atoms with E-state index < -0.39 is 5.54 Å². The Hall–Kier alpha value is -1.60. The zero-order chi connectivity index (χ0) is 31.2. The Morgan fingerprint density at radius 2 is 1.52 bits per heavy atom. The second-order valence-electron chi connectivity index (χ2n) is 15.7. The Morgan fingerprint density at radius 3 is 2.14 bits per heavy atom. The molecule has 5 aliphatic carbocycles. The molecule has 1 aliphatic heterocycles. The molecule has 10 unspecified atom stereocenters. The molecule has 0 aromatic carbocycles. The van der Waals surface area contributed by atoms with Gasteiger partial charge in [-0.2, -0.15) is 0 Å². The molecule has 7 nitrogen and oxygen atoms in total. The van der Waals surface area contributed by atoms with E-state index >= 15 is 0 Å². The molecule has 238 valence electrons. The molecule has 7 heteroatoms. The second kappa shape index (κ2) is 10.2. The molecule has 10 atom stereocenters. The maximum absolute atomic E-state index is 13.8. The topological polar surface area (TPSA) is 89.4 Å². The van der Waals surface area contributed by atoms with Crippen LogP contribution in [-0.2, 0) is 12.6 Å². The zero-order valence-electron chi connectivity index (χ0n) is 28.2. The van der Waals surface area contributed by atoms with Crippen molar-refractivity contribution in [1.82, 2.24) is 13.9 Å². The van der Waals surface area contributed by atoms with Gasteiger partial charge in [-0.1, -0.05) is 61.8 Å². The Bertz CT molecular complexity index is 1370. The van der Waals surface area contributed by atoms with Gasteiger partial charge in [0.15, 0.2) is 0 Å². The molecule has 4 saturated carbocycles. The van der Waals surface area contributed by atoms with Crippen molar-refractivity contribution < 1.29 is 10.2 Å². The first-order valence-electron chi connectivity index (χ1n) is 17.2. The fraction of sp³-hybridized carbons (Fsp3) is 0.886. The van der Waals surface area contributed by atoms with Crippen molar-refractivity contribution >= 4 is 0 Å². The minimum Gasteiger partial charge on any atom is -0.395 e. The van der Waals surface area contributed by atoms with Crippen LogP contribution in [0.25, 0.3) is 0 Å². The number of nitrogens with zero attached hydrogens (tertiary/aromatic N) is 3. The average Bonchev–Trinajstić information content (AvgIpc) is 3.40. The third kappa shape index (κ3) is 3.59. The highest BCUT2D eigenvalue weighted by atomic mass is 16.3. The molecule has 2 N–H and O–H groups in total. The van der Waals surface area contributed by atoms with Gasteiger partial charge in [-0.05, 0) is 110 Å². The van der Waals surface area contributed by atoms with E-state index in [1.54, 1.807) is 11.7 Å². The summed E-state index contributed by atoms with van der Waals surface area (Å²) in [5.41, 5.74) is 1.49. The maximum Gasteiger partial charge on any atom is 0.347 e. The van der Waals surface area contributed by atoms with E-state index in [0.29, 0.717) is 11.8 Å². The van der Waals surface area contributed by atoms with E-state index in [1.165, 1.54) is 22.1 Å². The van der Waals surface area contributed by atoms with Crippen LogP contribution in [0.2, 0.25) is 0 Å². The molecule has 7 rings (SSSR count). The molecule has 0 radical (unpaired) electrons. The van der Waals surface area contributed by atoms with Crippen LogP contribution in [0, 0.1) is 39.4 Å². The quantitative estimate of drug-likeness (QED) is 0.386. The first-order chi connectivity index (χ1) is 19.7. The summed E-state index contributed by atoms with van der Waals surface area (Å²) in [5.74, 6) is 1.16. The van der Waals surface area contributed by atoms with E-state index in [4.69, 9.17) is 0 Å². The molecule has 0 saturated heterocycles. The number of aliphatic hydroxyl groups excluding tert-OH is 2. The summed E-state index contributed by atoms with van der Waals surface area (Å²) < 4.78 is 4.96. The van der Waals surface area contributed by atoms with Gasteiger partial charge >= 0.3 is 11.4 Å². The fourth-order valence-electron chi connectivity index (χ4n) is 11.8. The Balaban J connectivity index is 0.000000665. The van der Waals surface area contributed by atoms with Gasteiger partial charge in [-0.25, -0.2) is 23.5 Å². The molecule has 1 aromatic heterocycles. The fourth-order valence-corrected chi connectivity index (χ4v) is 11.8. The Morgan fingerprint density at radius 1 is 0.905 bits per heavy atom. The summed E-state index contributed by atoms with van der Waals surface area (Å²) in [6.07, 6.45) is 9.65. The molecule has 1 aromatic rings. The SMILES string of the molecule is CC.CC1C(O)CCC2(C)C1CCC1(C)C2CC2C3=C4C(CO)(CCC4(C)n4c(=O)n(C)c(=O)n42)CCC31C.CCC. The first kappa shape index (κ1) is 31.8. The van der Waals surface area contributed by atoms with Gasteiger partial charge in [-0.15, -0.1) is 0 Å². The molecular formula is C35H59N3O4. The van der Waals surface area contributed by atoms with Crippen molar-refractivity contribution in [2.45, 2.75) is 144 Å². The molecule has 42 heavy (non-hydrogen) atoms. The smallest absolute Gasteiger partial charge is 0.347 e. The van der Waals surface area contributed by atoms with Crippen LogP contribution in [0.3, 0.4) is 0 Å². The van der Waals surface area contributed by atoms with Crippen molar-refractivity contribution in [1.29, 1.82) is 0 Å². The van der Waals surface area contributed by atoms with Crippen molar-refractivity contribution in [3.05, 3.63) is 32.1 Å². The minimum absolute atomic E-state index is 0.0745. The lowest BCUT2D eigenvalue weighted by molar-refractivity contribution is -0.189. The van der Waals surface area contributed by atoms with E-state index in [9.17, 15) is 19.8 Å². The largest absolute Gasteiger partial charge is 0.395 e. The lowest BCUT2D eigenvalue weighted by Gasteiger charge is -2.71. The predicted octanol–water partition coefficient (Wildman–Crippen LogP) is 6.16. The molecule has 0 bridgehead atoms. The van der Waals surface area contributed by atoms with Crippen LogP contribution in [-0.4, -0.2) is 36.9 Å².